The molecule has 0 saturated carbocycles. The summed E-state index contributed by atoms with van der Waals surface area (Å²) in [7, 11) is 0. The van der Waals surface area contributed by atoms with Crippen LogP contribution in [0, 0.1) is 10.1 Å². The zero-order valence-electron chi connectivity index (χ0n) is 9.73. The monoisotopic (exact) mass is 316 g/mol. The lowest BCUT2D eigenvalue weighted by Gasteiger charge is -2.13. The molecule has 7 nitrogen and oxygen atoms in total. The number of nitro groups is 1. The second-order valence-electron chi connectivity index (χ2n) is 3.52. The third-order valence-corrected chi connectivity index (χ3v) is 2.06. The summed E-state index contributed by atoms with van der Waals surface area (Å²) in [5, 5.41) is 19.2. The number of aromatic nitrogens is 1. The van der Waals surface area contributed by atoms with Crippen molar-refractivity contribution in [3.63, 3.8) is 0 Å². The van der Waals surface area contributed by atoms with Gasteiger partial charge in [-0.05, 0) is 0 Å². The minimum Gasteiger partial charge on any atom is -0.481 e. The van der Waals surface area contributed by atoms with E-state index in [2.05, 4.69) is 9.72 Å². The van der Waals surface area contributed by atoms with Gasteiger partial charge in [0.25, 0.3) is 6.43 Å². The standard InChI is InChI=1S/C9H5F5N2O5/c10-8(11)5-6(16(19)20)7(21-9(12,13)14)3(2-15-5)1-4(17)18/h2,8H,1H2,(H,17,18). The molecule has 0 unspecified atom stereocenters. The Bertz CT molecular complexity index is 574. The van der Waals surface area contributed by atoms with Crippen LogP contribution in [0.4, 0.5) is 27.6 Å². The van der Waals surface area contributed by atoms with Crippen molar-refractivity contribution in [3.8, 4) is 5.75 Å². The van der Waals surface area contributed by atoms with Gasteiger partial charge in [-0.15, -0.1) is 13.2 Å². The fourth-order valence-corrected chi connectivity index (χ4v) is 1.39. The summed E-state index contributed by atoms with van der Waals surface area (Å²) in [6.45, 7) is 0. The van der Waals surface area contributed by atoms with Crippen LogP contribution in [-0.4, -0.2) is 27.3 Å². The lowest BCUT2D eigenvalue weighted by atomic mass is 10.1. The van der Waals surface area contributed by atoms with Crippen molar-refractivity contribution < 1.29 is 41.5 Å². The third kappa shape index (κ3) is 4.22. The predicted octanol–water partition coefficient (Wildman–Crippen LogP) is 2.45. The Hall–Kier alpha value is -2.53. The molecule has 0 saturated heterocycles. The highest BCUT2D eigenvalue weighted by atomic mass is 19.4. The van der Waals surface area contributed by atoms with Crippen LogP contribution in [0.5, 0.6) is 5.75 Å². The number of carbonyl (C=O) groups is 1. The van der Waals surface area contributed by atoms with Gasteiger partial charge < -0.3 is 9.84 Å². The third-order valence-electron chi connectivity index (χ3n) is 2.06. The van der Waals surface area contributed by atoms with Gasteiger partial charge in [0.15, 0.2) is 5.69 Å². The first-order valence-corrected chi connectivity index (χ1v) is 4.94. The van der Waals surface area contributed by atoms with E-state index in [-0.39, 0.29) is 0 Å². The molecule has 0 aliphatic rings. The van der Waals surface area contributed by atoms with Gasteiger partial charge in [0.05, 0.1) is 11.3 Å². The van der Waals surface area contributed by atoms with Crippen LogP contribution >= 0.6 is 0 Å². The SMILES string of the molecule is O=C(O)Cc1cnc(C(F)F)c([N+](=O)[O-])c1OC(F)(F)F. The Morgan fingerprint density at radius 2 is 2.05 bits per heavy atom. The lowest BCUT2D eigenvalue weighted by molar-refractivity contribution is -0.390. The van der Waals surface area contributed by atoms with Gasteiger partial charge in [0.2, 0.25) is 5.75 Å². The molecular weight excluding hydrogens is 311 g/mol. The molecule has 0 bridgehead atoms. The molecule has 1 aromatic rings. The van der Waals surface area contributed by atoms with Gasteiger partial charge in [0, 0.05) is 11.8 Å². The molecule has 0 atom stereocenters. The summed E-state index contributed by atoms with van der Waals surface area (Å²) in [4.78, 5) is 22.6. The zero-order chi connectivity index (χ0) is 16.4. The number of alkyl halides is 5. The molecule has 0 radical (unpaired) electrons. The Morgan fingerprint density at radius 1 is 1.48 bits per heavy atom. The van der Waals surface area contributed by atoms with Crippen LogP contribution in [0.15, 0.2) is 6.20 Å². The fraction of sp³-hybridized carbons (Fsp3) is 0.333. The highest BCUT2D eigenvalue weighted by Crippen LogP contribution is 2.40. The maximum absolute atomic E-state index is 12.6. The first kappa shape index (κ1) is 16.5. The first-order valence-electron chi connectivity index (χ1n) is 4.94. The van der Waals surface area contributed by atoms with Crippen molar-refractivity contribution in [3.05, 3.63) is 27.6 Å². The second kappa shape index (κ2) is 5.85. The van der Waals surface area contributed by atoms with E-state index in [0.29, 0.717) is 6.20 Å². The van der Waals surface area contributed by atoms with E-state index in [1.807, 2.05) is 0 Å². The molecule has 116 valence electrons. The normalized spacial score (nSPS) is 11.5. The molecular formula is C9H5F5N2O5. The zero-order valence-corrected chi connectivity index (χ0v) is 9.73. The smallest absolute Gasteiger partial charge is 0.481 e. The molecule has 0 amide bonds. The van der Waals surface area contributed by atoms with Crippen LogP contribution in [-0.2, 0) is 11.2 Å². The van der Waals surface area contributed by atoms with E-state index in [9.17, 15) is 36.9 Å². The number of nitrogens with zero attached hydrogens (tertiary/aromatic N) is 2. The average molecular weight is 316 g/mol. The topological polar surface area (TPSA) is 103 Å². The van der Waals surface area contributed by atoms with Gasteiger partial charge in [-0.25, -0.2) is 13.8 Å². The number of aliphatic carboxylic acids is 1. The summed E-state index contributed by atoms with van der Waals surface area (Å²) in [6.07, 6.45) is -9.73. The Balaban J connectivity index is 3.57. The molecule has 12 heteroatoms. The summed E-state index contributed by atoms with van der Waals surface area (Å²) in [5.74, 6) is -3.26. The fourth-order valence-electron chi connectivity index (χ4n) is 1.39. The van der Waals surface area contributed by atoms with E-state index < -0.39 is 52.8 Å². The Kier molecular flexibility index (Phi) is 4.60. The highest BCUT2D eigenvalue weighted by Gasteiger charge is 2.39. The van der Waals surface area contributed by atoms with Crippen LogP contribution in [0.25, 0.3) is 0 Å². The quantitative estimate of drug-likeness (QED) is 0.508. The van der Waals surface area contributed by atoms with Crippen molar-refractivity contribution in [2.75, 3.05) is 0 Å². The van der Waals surface area contributed by atoms with E-state index in [4.69, 9.17) is 5.11 Å². The van der Waals surface area contributed by atoms with Gasteiger partial charge in [0.1, 0.15) is 0 Å². The molecule has 1 N–H and O–H groups in total. The second-order valence-corrected chi connectivity index (χ2v) is 3.52. The maximum atomic E-state index is 12.6. The summed E-state index contributed by atoms with van der Waals surface area (Å²) >= 11 is 0. The van der Waals surface area contributed by atoms with Crippen molar-refractivity contribution in [1.82, 2.24) is 4.98 Å². The summed E-state index contributed by atoms with van der Waals surface area (Å²) < 4.78 is 65.2. The largest absolute Gasteiger partial charge is 0.573 e. The number of hydrogen-bond donors (Lipinski definition) is 1. The van der Waals surface area contributed by atoms with Crippen molar-refractivity contribution >= 4 is 11.7 Å². The molecule has 0 spiro atoms. The molecule has 0 aliphatic heterocycles. The molecule has 1 aromatic heterocycles. The number of ether oxygens (including phenoxy) is 1. The number of halogens is 5. The first-order chi connectivity index (χ1) is 9.53. The minimum atomic E-state index is -5.43. The van der Waals surface area contributed by atoms with Crippen molar-refractivity contribution in [1.29, 1.82) is 0 Å². The van der Waals surface area contributed by atoms with Gasteiger partial charge in [-0.2, -0.15) is 0 Å². The van der Waals surface area contributed by atoms with Gasteiger partial charge in [-0.1, -0.05) is 0 Å². The maximum Gasteiger partial charge on any atom is 0.573 e. The van der Waals surface area contributed by atoms with Crippen LogP contribution in [0.3, 0.4) is 0 Å². The van der Waals surface area contributed by atoms with E-state index in [0.717, 1.165) is 0 Å². The molecule has 1 heterocycles. The van der Waals surface area contributed by atoms with Crippen LogP contribution < -0.4 is 4.74 Å². The number of hydrogen-bond acceptors (Lipinski definition) is 5. The molecule has 1 rings (SSSR count). The molecule has 21 heavy (non-hydrogen) atoms. The van der Waals surface area contributed by atoms with Gasteiger partial charge >= 0.3 is 18.0 Å². The molecule has 0 aromatic carbocycles. The highest BCUT2D eigenvalue weighted by molar-refractivity contribution is 5.72. The van der Waals surface area contributed by atoms with Crippen LogP contribution in [0.2, 0.25) is 0 Å². The van der Waals surface area contributed by atoms with Crippen molar-refractivity contribution in [2.24, 2.45) is 0 Å². The number of carboxylic acid groups (broad SMARTS) is 1. The lowest BCUT2D eigenvalue weighted by Crippen LogP contribution is -2.20. The number of pyridine rings is 1. The van der Waals surface area contributed by atoms with Crippen molar-refractivity contribution in [2.45, 2.75) is 19.2 Å². The average Bonchev–Trinajstić information content (AvgIpc) is 2.27. The van der Waals surface area contributed by atoms with E-state index in [1.54, 1.807) is 0 Å². The van der Waals surface area contributed by atoms with E-state index in [1.165, 1.54) is 0 Å². The predicted molar refractivity (Wildman–Crippen MR) is 53.9 cm³/mol. The Labute approximate surface area is 112 Å². The Morgan fingerprint density at radius 3 is 2.43 bits per heavy atom. The summed E-state index contributed by atoms with van der Waals surface area (Å²) in [6, 6.07) is 0. The molecule has 0 fully saturated rings. The van der Waals surface area contributed by atoms with Crippen LogP contribution in [0.1, 0.15) is 17.7 Å². The van der Waals surface area contributed by atoms with E-state index >= 15 is 0 Å². The number of rotatable bonds is 5. The summed E-state index contributed by atoms with van der Waals surface area (Å²) in [5.41, 5.74) is -4.12. The molecule has 0 aliphatic carbocycles. The number of carboxylic acids is 1. The minimum absolute atomic E-state index is 0.365. The van der Waals surface area contributed by atoms with Gasteiger partial charge in [-0.3, -0.25) is 14.9 Å².